The molecule has 5 heteroatoms. The molecule has 19 heavy (non-hydrogen) atoms. The molecule has 0 aromatic carbocycles. The first-order valence-electron chi connectivity index (χ1n) is 5.71. The minimum atomic E-state index is -0.274. The van der Waals surface area contributed by atoms with E-state index in [0.29, 0.717) is 5.56 Å². The molecule has 2 aromatic rings. The van der Waals surface area contributed by atoms with E-state index in [0.717, 1.165) is 11.3 Å². The predicted molar refractivity (Wildman–Crippen MR) is 72.6 cm³/mol. The molecule has 0 radical (unpaired) electrons. The molecule has 96 valence electrons. The van der Waals surface area contributed by atoms with E-state index in [-0.39, 0.29) is 5.91 Å². The van der Waals surface area contributed by atoms with Gasteiger partial charge in [0.15, 0.2) is 0 Å². The Hall–Kier alpha value is -2.69. The third-order valence-corrected chi connectivity index (χ3v) is 2.29. The van der Waals surface area contributed by atoms with E-state index in [2.05, 4.69) is 15.5 Å². The number of nitrogens with zero attached hydrogens (tertiary/aromatic N) is 2. The molecule has 5 nitrogen and oxygen atoms in total. The van der Waals surface area contributed by atoms with Crippen molar-refractivity contribution in [2.45, 2.75) is 6.92 Å². The number of amides is 1. The highest BCUT2D eigenvalue weighted by molar-refractivity contribution is 5.94. The van der Waals surface area contributed by atoms with Crippen molar-refractivity contribution in [3.63, 3.8) is 0 Å². The summed E-state index contributed by atoms with van der Waals surface area (Å²) in [5, 5.41) is 3.87. The zero-order valence-corrected chi connectivity index (χ0v) is 10.4. The summed E-state index contributed by atoms with van der Waals surface area (Å²) in [6, 6.07) is 6.89. The molecule has 0 saturated carbocycles. The maximum atomic E-state index is 11.7. The van der Waals surface area contributed by atoms with Crippen LogP contribution in [0.2, 0.25) is 0 Å². The number of carbonyl (C=O) groups is 1. The molecule has 2 heterocycles. The molecule has 0 aliphatic carbocycles. The number of carbonyl (C=O) groups excluding carboxylic acids is 1. The molecular formula is C14H13N3O2. The number of allylic oxidation sites excluding steroid dienone is 1. The Morgan fingerprint density at radius 2 is 2.16 bits per heavy atom. The number of nitrogens with one attached hydrogen (secondary N) is 1. The van der Waals surface area contributed by atoms with Gasteiger partial charge >= 0.3 is 0 Å². The summed E-state index contributed by atoms with van der Waals surface area (Å²) in [7, 11) is 0. The SMILES string of the molecule is CC(=C/c1ccco1)/C=N/NC(=O)c1ccncc1. The van der Waals surface area contributed by atoms with Crippen LogP contribution in [0.4, 0.5) is 0 Å². The number of hydrazone groups is 1. The van der Waals surface area contributed by atoms with Crippen LogP contribution in [-0.4, -0.2) is 17.1 Å². The van der Waals surface area contributed by atoms with Gasteiger partial charge in [0.05, 0.1) is 12.5 Å². The van der Waals surface area contributed by atoms with Crippen molar-refractivity contribution < 1.29 is 9.21 Å². The van der Waals surface area contributed by atoms with Crippen LogP contribution in [0.1, 0.15) is 23.0 Å². The van der Waals surface area contributed by atoms with Crippen LogP contribution in [0.15, 0.2) is 58.0 Å². The first-order chi connectivity index (χ1) is 9.25. The average molecular weight is 255 g/mol. The molecule has 2 rings (SSSR count). The lowest BCUT2D eigenvalue weighted by molar-refractivity contribution is 0.0955. The van der Waals surface area contributed by atoms with Crippen LogP contribution >= 0.6 is 0 Å². The van der Waals surface area contributed by atoms with E-state index < -0.39 is 0 Å². The Bertz CT molecular complexity index is 586. The minimum absolute atomic E-state index is 0.274. The van der Waals surface area contributed by atoms with E-state index in [1.807, 2.05) is 25.1 Å². The summed E-state index contributed by atoms with van der Waals surface area (Å²) in [5.41, 5.74) is 3.82. The third kappa shape index (κ3) is 3.92. The van der Waals surface area contributed by atoms with E-state index in [4.69, 9.17) is 4.42 Å². The lowest BCUT2D eigenvalue weighted by Crippen LogP contribution is -2.17. The highest BCUT2D eigenvalue weighted by Gasteiger charge is 2.01. The number of hydrogen-bond acceptors (Lipinski definition) is 4. The second kappa shape index (κ2) is 6.30. The molecule has 0 saturated heterocycles. The first-order valence-corrected chi connectivity index (χ1v) is 5.71. The molecule has 0 aliphatic rings. The number of pyridine rings is 1. The van der Waals surface area contributed by atoms with Crippen LogP contribution in [0, 0.1) is 0 Å². The average Bonchev–Trinajstić information content (AvgIpc) is 2.92. The molecule has 1 amide bonds. The maximum Gasteiger partial charge on any atom is 0.271 e. The van der Waals surface area contributed by atoms with Crippen molar-refractivity contribution in [3.05, 3.63) is 59.8 Å². The van der Waals surface area contributed by atoms with Gasteiger partial charge in [-0.3, -0.25) is 9.78 Å². The highest BCUT2D eigenvalue weighted by Crippen LogP contribution is 2.05. The van der Waals surface area contributed by atoms with Crippen molar-refractivity contribution in [2.75, 3.05) is 0 Å². The van der Waals surface area contributed by atoms with Gasteiger partial charge < -0.3 is 4.42 Å². The number of rotatable bonds is 4. The fraction of sp³-hybridized carbons (Fsp3) is 0.0714. The predicted octanol–water partition coefficient (Wildman–Crippen LogP) is 2.49. The Morgan fingerprint density at radius 3 is 2.84 bits per heavy atom. The summed E-state index contributed by atoms with van der Waals surface area (Å²) in [6.45, 7) is 1.87. The summed E-state index contributed by atoms with van der Waals surface area (Å²) in [5.74, 6) is 0.467. The van der Waals surface area contributed by atoms with Crippen molar-refractivity contribution in [1.29, 1.82) is 0 Å². The van der Waals surface area contributed by atoms with Crippen LogP contribution in [0.5, 0.6) is 0 Å². The fourth-order valence-corrected chi connectivity index (χ4v) is 1.40. The largest absolute Gasteiger partial charge is 0.465 e. The van der Waals surface area contributed by atoms with Gasteiger partial charge in [-0.25, -0.2) is 5.43 Å². The summed E-state index contributed by atoms with van der Waals surface area (Å²) >= 11 is 0. The topological polar surface area (TPSA) is 67.5 Å². The quantitative estimate of drug-likeness (QED) is 0.674. The van der Waals surface area contributed by atoms with E-state index >= 15 is 0 Å². The number of furan rings is 1. The summed E-state index contributed by atoms with van der Waals surface area (Å²) < 4.78 is 5.17. The Morgan fingerprint density at radius 1 is 1.37 bits per heavy atom. The number of hydrogen-bond donors (Lipinski definition) is 1. The summed E-state index contributed by atoms with van der Waals surface area (Å²) in [4.78, 5) is 15.5. The zero-order valence-electron chi connectivity index (χ0n) is 10.4. The smallest absolute Gasteiger partial charge is 0.271 e. The van der Waals surface area contributed by atoms with E-state index in [9.17, 15) is 4.79 Å². The Balaban J connectivity index is 1.92. The van der Waals surface area contributed by atoms with Crippen LogP contribution in [0.3, 0.4) is 0 Å². The molecule has 0 unspecified atom stereocenters. The van der Waals surface area contributed by atoms with Gasteiger partial charge in [-0.15, -0.1) is 0 Å². The summed E-state index contributed by atoms with van der Waals surface area (Å²) in [6.07, 6.45) is 8.09. The van der Waals surface area contributed by atoms with Crippen LogP contribution in [-0.2, 0) is 0 Å². The zero-order chi connectivity index (χ0) is 13.5. The lowest BCUT2D eigenvalue weighted by atomic mass is 10.2. The van der Waals surface area contributed by atoms with Crippen molar-refractivity contribution in [3.8, 4) is 0 Å². The van der Waals surface area contributed by atoms with Crippen LogP contribution < -0.4 is 5.43 Å². The molecule has 1 N–H and O–H groups in total. The Kier molecular flexibility index (Phi) is 4.23. The third-order valence-electron chi connectivity index (χ3n) is 2.29. The van der Waals surface area contributed by atoms with Gasteiger partial charge in [0.25, 0.3) is 5.91 Å². The van der Waals surface area contributed by atoms with Crippen molar-refractivity contribution in [2.24, 2.45) is 5.10 Å². The van der Waals surface area contributed by atoms with Gasteiger partial charge in [-0.05, 0) is 42.8 Å². The van der Waals surface area contributed by atoms with Gasteiger partial charge in [-0.1, -0.05) is 0 Å². The lowest BCUT2D eigenvalue weighted by Gasteiger charge is -1.98. The standard InChI is InChI=1S/C14H13N3O2/c1-11(9-13-3-2-8-19-13)10-16-17-14(18)12-4-6-15-7-5-12/h2-10H,1H3,(H,17,18)/b11-9-,16-10+. The second-order valence-corrected chi connectivity index (χ2v) is 3.84. The van der Waals surface area contributed by atoms with Gasteiger partial charge in [0.2, 0.25) is 0 Å². The second-order valence-electron chi connectivity index (χ2n) is 3.84. The Labute approximate surface area is 110 Å². The molecule has 0 bridgehead atoms. The molecule has 2 aromatic heterocycles. The maximum absolute atomic E-state index is 11.7. The van der Waals surface area contributed by atoms with Gasteiger partial charge in [0, 0.05) is 18.0 Å². The normalized spacial score (nSPS) is 11.7. The van der Waals surface area contributed by atoms with Crippen LogP contribution in [0.25, 0.3) is 6.08 Å². The molecule has 0 atom stereocenters. The molecule has 0 fully saturated rings. The van der Waals surface area contributed by atoms with Crippen molar-refractivity contribution >= 4 is 18.2 Å². The fourth-order valence-electron chi connectivity index (χ4n) is 1.40. The van der Waals surface area contributed by atoms with Gasteiger partial charge in [0.1, 0.15) is 5.76 Å². The number of aromatic nitrogens is 1. The molecule has 0 spiro atoms. The van der Waals surface area contributed by atoms with E-state index in [1.165, 1.54) is 0 Å². The molecular weight excluding hydrogens is 242 g/mol. The van der Waals surface area contributed by atoms with E-state index in [1.54, 1.807) is 37.0 Å². The molecule has 0 aliphatic heterocycles. The highest BCUT2D eigenvalue weighted by atomic mass is 16.3. The van der Waals surface area contributed by atoms with Crippen molar-refractivity contribution in [1.82, 2.24) is 10.4 Å². The minimum Gasteiger partial charge on any atom is -0.465 e. The first kappa shape index (κ1) is 12.8. The van der Waals surface area contributed by atoms with Gasteiger partial charge in [-0.2, -0.15) is 5.10 Å². The monoisotopic (exact) mass is 255 g/mol.